The summed E-state index contributed by atoms with van der Waals surface area (Å²) in [7, 11) is 0. The van der Waals surface area contributed by atoms with Crippen molar-refractivity contribution in [2.45, 2.75) is 12.5 Å². The van der Waals surface area contributed by atoms with Gasteiger partial charge in [-0.2, -0.15) is 0 Å². The molecule has 0 saturated carbocycles. The topological polar surface area (TPSA) is 44.8 Å². The molecule has 1 atom stereocenters. The van der Waals surface area contributed by atoms with E-state index in [2.05, 4.69) is 0 Å². The maximum atomic E-state index is 12.8. The molecule has 0 bridgehead atoms. The lowest BCUT2D eigenvalue weighted by Crippen LogP contribution is -2.27. The molecule has 0 aromatic heterocycles. The average Bonchev–Trinajstić information content (AvgIpc) is 2.55. The summed E-state index contributed by atoms with van der Waals surface area (Å²) in [6.07, 6.45) is 0. The Morgan fingerprint density at radius 2 is 2.00 bits per heavy atom. The summed E-state index contributed by atoms with van der Waals surface area (Å²) >= 11 is 6.19. The first-order valence-corrected chi connectivity index (χ1v) is 7.41. The Balaban J connectivity index is 1.80. The summed E-state index contributed by atoms with van der Waals surface area (Å²) in [6.45, 7) is 0.897. The molecule has 0 saturated heterocycles. The second-order valence-electron chi connectivity index (χ2n) is 5.32. The normalized spacial score (nSPS) is 19.7. The van der Waals surface area contributed by atoms with Crippen LogP contribution in [0.3, 0.4) is 0 Å². The van der Waals surface area contributed by atoms with Crippen LogP contribution in [0, 0.1) is 0 Å². The number of hydrogen-bond acceptors (Lipinski definition) is 4. The van der Waals surface area contributed by atoms with Crippen molar-refractivity contribution in [3.8, 4) is 11.5 Å². The number of ether oxygens (including phenoxy) is 3. The number of carbonyl (C=O) groups is 1. The van der Waals surface area contributed by atoms with Gasteiger partial charge in [0.25, 0.3) is 0 Å². The standard InChI is InChI=1S/C17H13ClO4/c18-11-5-10-7-20-9-22-17(10)13(6-11)14-8-21-15-4-2-1-3-12(15)16(14)19/h1-6,14H,7-9H2/t14-/m1/s1. The van der Waals surface area contributed by atoms with E-state index in [4.69, 9.17) is 25.8 Å². The minimum absolute atomic E-state index is 0.0291. The SMILES string of the molecule is O=C1c2ccccc2OC[C@@H]1c1cc(Cl)cc2c1OCOC2. The van der Waals surface area contributed by atoms with Gasteiger partial charge in [-0.05, 0) is 24.3 Å². The molecule has 0 radical (unpaired) electrons. The summed E-state index contributed by atoms with van der Waals surface area (Å²) < 4.78 is 16.6. The zero-order chi connectivity index (χ0) is 15.1. The molecule has 0 N–H and O–H groups in total. The molecule has 0 amide bonds. The number of hydrogen-bond donors (Lipinski definition) is 0. The monoisotopic (exact) mass is 316 g/mol. The summed E-state index contributed by atoms with van der Waals surface area (Å²) in [5.41, 5.74) is 2.23. The van der Waals surface area contributed by atoms with Gasteiger partial charge in [0.05, 0.1) is 18.1 Å². The van der Waals surface area contributed by atoms with Gasteiger partial charge in [-0.3, -0.25) is 4.79 Å². The highest BCUT2D eigenvalue weighted by molar-refractivity contribution is 6.30. The van der Waals surface area contributed by atoms with Crippen LogP contribution in [0.4, 0.5) is 0 Å². The van der Waals surface area contributed by atoms with Crippen LogP contribution in [-0.4, -0.2) is 19.2 Å². The van der Waals surface area contributed by atoms with Gasteiger partial charge < -0.3 is 14.2 Å². The zero-order valence-corrected chi connectivity index (χ0v) is 12.4. The Morgan fingerprint density at radius 1 is 1.14 bits per heavy atom. The summed E-state index contributed by atoms with van der Waals surface area (Å²) in [5.74, 6) is 0.933. The van der Waals surface area contributed by atoms with Crippen LogP contribution in [0.15, 0.2) is 36.4 Å². The summed E-state index contributed by atoms with van der Waals surface area (Å²) in [6, 6.07) is 10.9. The lowest BCUT2D eigenvalue weighted by Gasteiger charge is -2.28. The van der Waals surface area contributed by atoms with E-state index in [0.29, 0.717) is 28.7 Å². The minimum Gasteiger partial charge on any atom is -0.492 e. The van der Waals surface area contributed by atoms with E-state index in [1.165, 1.54) is 0 Å². The molecule has 2 aromatic carbocycles. The lowest BCUT2D eigenvalue weighted by atomic mass is 9.87. The molecule has 0 unspecified atom stereocenters. The van der Waals surface area contributed by atoms with Crippen molar-refractivity contribution in [1.82, 2.24) is 0 Å². The molecular formula is C17H13ClO4. The number of carbonyl (C=O) groups excluding carboxylic acids is 1. The Kier molecular flexibility index (Phi) is 3.28. The van der Waals surface area contributed by atoms with Crippen molar-refractivity contribution in [3.05, 3.63) is 58.1 Å². The average molecular weight is 317 g/mol. The highest BCUT2D eigenvalue weighted by atomic mass is 35.5. The Bertz CT molecular complexity index is 756. The van der Waals surface area contributed by atoms with Crippen LogP contribution in [0.1, 0.15) is 27.4 Å². The highest BCUT2D eigenvalue weighted by Crippen LogP contribution is 2.40. The fourth-order valence-electron chi connectivity index (χ4n) is 2.93. The number of ketones is 1. The van der Waals surface area contributed by atoms with Gasteiger partial charge in [-0.15, -0.1) is 0 Å². The van der Waals surface area contributed by atoms with Crippen molar-refractivity contribution >= 4 is 17.4 Å². The van der Waals surface area contributed by atoms with Gasteiger partial charge in [-0.25, -0.2) is 0 Å². The molecule has 112 valence electrons. The largest absolute Gasteiger partial charge is 0.492 e. The van der Waals surface area contributed by atoms with Crippen LogP contribution >= 0.6 is 11.6 Å². The van der Waals surface area contributed by atoms with Crippen LogP contribution < -0.4 is 9.47 Å². The molecular weight excluding hydrogens is 304 g/mol. The van der Waals surface area contributed by atoms with Crippen LogP contribution in [0.2, 0.25) is 5.02 Å². The fourth-order valence-corrected chi connectivity index (χ4v) is 3.18. The predicted octanol–water partition coefficient (Wildman–Crippen LogP) is 3.57. The number of rotatable bonds is 1. The first-order chi connectivity index (χ1) is 10.7. The molecule has 2 aromatic rings. The molecule has 0 aliphatic carbocycles. The van der Waals surface area contributed by atoms with Crippen LogP contribution in [0.25, 0.3) is 0 Å². The maximum absolute atomic E-state index is 12.8. The highest BCUT2D eigenvalue weighted by Gasteiger charge is 2.33. The van der Waals surface area contributed by atoms with Gasteiger partial charge in [0, 0.05) is 16.1 Å². The number of benzene rings is 2. The smallest absolute Gasteiger partial charge is 0.189 e. The number of halogens is 1. The summed E-state index contributed by atoms with van der Waals surface area (Å²) in [4.78, 5) is 12.8. The molecule has 0 spiro atoms. The van der Waals surface area contributed by atoms with E-state index in [1.54, 1.807) is 18.2 Å². The first-order valence-electron chi connectivity index (χ1n) is 7.03. The second-order valence-corrected chi connectivity index (χ2v) is 5.75. The summed E-state index contributed by atoms with van der Waals surface area (Å²) in [5, 5.41) is 0.564. The lowest BCUT2D eigenvalue weighted by molar-refractivity contribution is -0.0174. The van der Waals surface area contributed by atoms with Gasteiger partial charge >= 0.3 is 0 Å². The third kappa shape index (κ3) is 2.16. The predicted molar refractivity (Wildman–Crippen MR) is 80.7 cm³/mol. The van der Waals surface area contributed by atoms with Crippen LogP contribution in [-0.2, 0) is 11.3 Å². The van der Waals surface area contributed by atoms with E-state index in [-0.39, 0.29) is 19.2 Å². The number of fused-ring (bicyclic) bond motifs is 2. The molecule has 4 nitrogen and oxygen atoms in total. The van der Waals surface area contributed by atoms with Crippen molar-refractivity contribution in [1.29, 1.82) is 0 Å². The molecule has 2 aliphatic heterocycles. The molecule has 22 heavy (non-hydrogen) atoms. The van der Waals surface area contributed by atoms with E-state index in [1.807, 2.05) is 18.2 Å². The zero-order valence-electron chi connectivity index (χ0n) is 11.7. The Hall–Kier alpha value is -2.04. The molecule has 2 aliphatic rings. The van der Waals surface area contributed by atoms with Crippen LogP contribution in [0.5, 0.6) is 11.5 Å². The van der Waals surface area contributed by atoms with Gasteiger partial charge in [-0.1, -0.05) is 23.7 Å². The van der Waals surface area contributed by atoms with E-state index in [0.717, 1.165) is 11.1 Å². The molecule has 0 fully saturated rings. The fraction of sp³-hybridized carbons (Fsp3) is 0.235. The quantitative estimate of drug-likeness (QED) is 0.807. The van der Waals surface area contributed by atoms with E-state index < -0.39 is 5.92 Å². The number of para-hydroxylation sites is 1. The Morgan fingerprint density at radius 3 is 2.91 bits per heavy atom. The van der Waals surface area contributed by atoms with E-state index >= 15 is 0 Å². The van der Waals surface area contributed by atoms with Crippen molar-refractivity contribution in [2.24, 2.45) is 0 Å². The first kappa shape index (κ1) is 13.6. The third-order valence-corrected chi connectivity index (χ3v) is 4.17. The van der Waals surface area contributed by atoms with Crippen molar-refractivity contribution in [3.63, 3.8) is 0 Å². The molecule has 4 rings (SSSR count). The Labute approximate surface area is 132 Å². The molecule has 2 heterocycles. The van der Waals surface area contributed by atoms with Gasteiger partial charge in [0.2, 0.25) is 0 Å². The number of Topliss-reactive ketones (excluding diaryl/α,β-unsaturated/α-hetero) is 1. The van der Waals surface area contributed by atoms with Gasteiger partial charge in [0.15, 0.2) is 12.6 Å². The van der Waals surface area contributed by atoms with E-state index in [9.17, 15) is 4.79 Å². The third-order valence-electron chi connectivity index (χ3n) is 3.95. The second kappa shape index (κ2) is 5.30. The van der Waals surface area contributed by atoms with Gasteiger partial charge in [0.1, 0.15) is 18.1 Å². The van der Waals surface area contributed by atoms with Crippen molar-refractivity contribution < 1.29 is 19.0 Å². The minimum atomic E-state index is -0.416. The van der Waals surface area contributed by atoms with Crippen molar-refractivity contribution in [2.75, 3.05) is 13.4 Å². The molecule has 5 heteroatoms. The maximum Gasteiger partial charge on any atom is 0.189 e.